The zero-order valence-corrected chi connectivity index (χ0v) is 7.18. The van der Waals surface area contributed by atoms with Gasteiger partial charge in [-0.1, -0.05) is 6.42 Å². The smallest absolute Gasteiger partial charge is 0.374 e. The van der Waals surface area contributed by atoms with Crippen molar-refractivity contribution in [3.05, 3.63) is 12.2 Å². The van der Waals surface area contributed by atoms with Crippen molar-refractivity contribution in [2.24, 2.45) is 5.92 Å². The number of nitrogens with zero attached hydrogens (tertiary/aromatic N) is 3. The molecule has 1 aromatic heterocycles. The summed E-state index contributed by atoms with van der Waals surface area (Å²) in [5, 5.41) is 15.9. The van der Waals surface area contributed by atoms with E-state index in [1.807, 2.05) is 0 Å². The van der Waals surface area contributed by atoms with Gasteiger partial charge in [0.05, 0.1) is 0 Å². The summed E-state index contributed by atoms with van der Waals surface area (Å²) in [6.07, 6.45) is 5.13. The van der Waals surface area contributed by atoms with Crippen molar-refractivity contribution in [2.75, 3.05) is 0 Å². The van der Waals surface area contributed by atoms with E-state index in [9.17, 15) is 4.79 Å². The fraction of sp³-hybridized carbons (Fsp3) is 0.625. The van der Waals surface area contributed by atoms with Gasteiger partial charge in [-0.05, 0) is 18.8 Å². The zero-order valence-electron chi connectivity index (χ0n) is 7.18. The van der Waals surface area contributed by atoms with Gasteiger partial charge in [-0.25, -0.2) is 4.79 Å². The molecule has 1 aliphatic rings. The highest BCUT2D eigenvalue weighted by atomic mass is 16.4. The molecule has 5 heteroatoms. The molecule has 0 spiro atoms. The molecule has 0 aliphatic heterocycles. The normalized spacial score (nSPS) is 16.9. The lowest BCUT2D eigenvalue weighted by molar-refractivity contribution is 0.0675. The Morgan fingerprint density at radius 3 is 3.00 bits per heavy atom. The van der Waals surface area contributed by atoms with Crippen LogP contribution in [0.5, 0.6) is 0 Å². The molecule has 1 aliphatic carbocycles. The van der Waals surface area contributed by atoms with E-state index in [2.05, 4.69) is 10.2 Å². The number of carboxylic acid groups (broad SMARTS) is 1. The maximum Gasteiger partial charge on any atom is 0.374 e. The lowest BCUT2D eigenvalue weighted by Gasteiger charge is -2.25. The number of hydrogen-bond acceptors (Lipinski definition) is 3. The highest BCUT2D eigenvalue weighted by Crippen LogP contribution is 2.27. The summed E-state index contributed by atoms with van der Waals surface area (Å²) in [6, 6.07) is 0. The SMILES string of the molecule is O=C(O)c1nncn1CC1CCC1. The molecule has 70 valence electrons. The second-order valence-corrected chi connectivity index (χ2v) is 3.41. The Hall–Kier alpha value is -1.39. The molecule has 1 aromatic rings. The Morgan fingerprint density at radius 2 is 2.46 bits per heavy atom. The minimum Gasteiger partial charge on any atom is -0.475 e. The summed E-state index contributed by atoms with van der Waals surface area (Å²) in [5.41, 5.74) is 0. The Kier molecular flexibility index (Phi) is 2.00. The number of hydrogen-bond donors (Lipinski definition) is 1. The molecule has 1 saturated carbocycles. The van der Waals surface area contributed by atoms with Crippen LogP contribution in [0.3, 0.4) is 0 Å². The van der Waals surface area contributed by atoms with Crippen molar-refractivity contribution >= 4 is 5.97 Å². The van der Waals surface area contributed by atoms with Crippen LogP contribution in [0.4, 0.5) is 0 Å². The van der Waals surface area contributed by atoms with Crippen LogP contribution in [0.2, 0.25) is 0 Å². The van der Waals surface area contributed by atoms with Gasteiger partial charge in [-0.3, -0.25) is 0 Å². The van der Waals surface area contributed by atoms with Gasteiger partial charge < -0.3 is 9.67 Å². The summed E-state index contributed by atoms with van der Waals surface area (Å²) >= 11 is 0. The third-order valence-electron chi connectivity index (χ3n) is 2.49. The predicted octanol–water partition coefficient (Wildman–Crippen LogP) is 0.776. The van der Waals surface area contributed by atoms with E-state index in [-0.39, 0.29) is 5.82 Å². The highest BCUT2D eigenvalue weighted by Gasteiger charge is 2.21. The Bertz CT molecular complexity index is 317. The first kappa shape index (κ1) is 8.22. The quantitative estimate of drug-likeness (QED) is 0.748. The van der Waals surface area contributed by atoms with Crippen LogP contribution in [0.15, 0.2) is 6.33 Å². The van der Waals surface area contributed by atoms with E-state index in [0.717, 1.165) is 6.54 Å². The maximum absolute atomic E-state index is 10.6. The molecule has 1 heterocycles. The van der Waals surface area contributed by atoms with Gasteiger partial charge in [0.1, 0.15) is 6.33 Å². The number of aromatic nitrogens is 3. The first-order chi connectivity index (χ1) is 6.27. The highest BCUT2D eigenvalue weighted by molar-refractivity contribution is 5.83. The monoisotopic (exact) mass is 181 g/mol. The number of carbonyl (C=O) groups is 1. The molecule has 0 amide bonds. The standard InChI is InChI=1S/C8H11N3O2/c12-8(13)7-10-9-5-11(7)4-6-2-1-3-6/h5-6H,1-4H2,(H,12,13). The molecule has 0 unspecified atom stereocenters. The summed E-state index contributed by atoms with van der Waals surface area (Å²) in [7, 11) is 0. The summed E-state index contributed by atoms with van der Waals surface area (Å²) in [6.45, 7) is 0.745. The molecule has 0 bridgehead atoms. The van der Waals surface area contributed by atoms with Crippen LogP contribution in [-0.2, 0) is 6.54 Å². The van der Waals surface area contributed by atoms with Gasteiger partial charge in [-0.2, -0.15) is 0 Å². The molecule has 0 saturated heterocycles. The van der Waals surface area contributed by atoms with Crippen molar-refractivity contribution in [2.45, 2.75) is 25.8 Å². The van der Waals surface area contributed by atoms with E-state index < -0.39 is 5.97 Å². The number of rotatable bonds is 3. The Balaban J connectivity index is 2.09. The molecule has 0 radical (unpaired) electrons. The molecular weight excluding hydrogens is 170 g/mol. The molecule has 0 aromatic carbocycles. The van der Waals surface area contributed by atoms with Crippen molar-refractivity contribution in [1.82, 2.24) is 14.8 Å². The number of aromatic carboxylic acids is 1. The molecule has 5 nitrogen and oxygen atoms in total. The van der Waals surface area contributed by atoms with E-state index in [1.165, 1.54) is 25.6 Å². The number of carboxylic acids is 1. The Morgan fingerprint density at radius 1 is 1.69 bits per heavy atom. The Labute approximate surface area is 75.4 Å². The minimum atomic E-state index is -1.00. The van der Waals surface area contributed by atoms with E-state index in [1.54, 1.807) is 4.57 Å². The summed E-state index contributed by atoms with van der Waals surface area (Å²) in [5.74, 6) is -0.335. The molecular formula is C8H11N3O2. The van der Waals surface area contributed by atoms with Crippen molar-refractivity contribution < 1.29 is 9.90 Å². The largest absolute Gasteiger partial charge is 0.475 e. The van der Waals surface area contributed by atoms with Gasteiger partial charge in [0, 0.05) is 6.54 Å². The molecule has 13 heavy (non-hydrogen) atoms. The van der Waals surface area contributed by atoms with Crippen LogP contribution in [0, 0.1) is 5.92 Å². The fourth-order valence-electron chi connectivity index (χ4n) is 1.51. The fourth-order valence-corrected chi connectivity index (χ4v) is 1.51. The minimum absolute atomic E-state index is 0.0481. The van der Waals surface area contributed by atoms with Crippen molar-refractivity contribution in [3.8, 4) is 0 Å². The van der Waals surface area contributed by atoms with Crippen LogP contribution >= 0.6 is 0 Å². The van der Waals surface area contributed by atoms with Crippen molar-refractivity contribution in [1.29, 1.82) is 0 Å². The van der Waals surface area contributed by atoms with Crippen LogP contribution < -0.4 is 0 Å². The lowest BCUT2D eigenvalue weighted by Crippen LogP contribution is -2.20. The van der Waals surface area contributed by atoms with Gasteiger partial charge in [0.15, 0.2) is 0 Å². The zero-order chi connectivity index (χ0) is 9.26. The van der Waals surface area contributed by atoms with E-state index in [0.29, 0.717) is 5.92 Å². The van der Waals surface area contributed by atoms with Crippen LogP contribution in [-0.4, -0.2) is 25.8 Å². The van der Waals surface area contributed by atoms with E-state index in [4.69, 9.17) is 5.11 Å². The van der Waals surface area contributed by atoms with Gasteiger partial charge >= 0.3 is 5.97 Å². The third kappa shape index (κ3) is 1.54. The average Bonchev–Trinajstić information content (AvgIpc) is 2.44. The molecule has 1 N–H and O–H groups in total. The molecule has 1 fully saturated rings. The average molecular weight is 181 g/mol. The van der Waals surface area contributed by atoms with Gasteiger partial charge in [0.2, 0.25) is 5.82 Å². The molecule has 2 rings (SSSR count). The van der Waals surface area contributed by atoms with Gasteiger partial charge in [-0.15, -0.1) is 10.2 Å². The van der Waals surface area contributed by atoms with Crippen LogP contribution in [0.25, 0.3) is 0 Å². The topological polar surface area (TPSA) is 68.0 Å². The summed E-state index contributed by atoms with van der Waals surface area (Å²) < 4.78 is 1.62. The van der Waals surface area contributed by atoms with Crippen molar-refractivity contribution in [3.63, 3.8) is 0 Å². The van der Waals surface area contributed by atoms with Crippen LogP contribution in [0.1, 0.15) is 29.9 Å². The summed E-state index contributed by atoms with van der Waals surface area (Å²) in [4.78, 5) is 10.6. The first-order valence-corrected chi connectivity index (χ1v) is 4.38. The lowest BCUT2D eigenvalue weighted by atomic mass is 9.85. The third-order valence-corrected chi connectivity index (χ3v) is 2.49. The van der Waals surface area contributed by atoms with Gasteiger partial charge in [0.25, 0.3) is 0 Å². The maximum atomic E-state index is 10.6. The van der Waals surface area contributed by atoms with E-state index >= 15 is 0 Å². The second kappa shape index (κ2) is 3.16. The predicted molar refractivity (Wildman–Crippen MR) is 44.3 cm³/mol. The molecule has 0 atom stereocenters. The second-order valence-electron chi connectivity index (χ2n) is 3.41. The first-order valence-electron chi connectivity index (χ1n) is 4.38.